The summed E-state index contributed by atoms with van der Waals surface area (Å²) in [7, 11) is 0. The first-order valence-electron chi connectivity index (χ1n) is 8.77. The second kappa shape index (κ2) is 12.1. The van der Waals surface area contributed by atoms with Crippen LogP contribution in [0.5, 0.6) is 0 Å². The number of carbonyl (C=O) groups excluding carboxylic acids is 4. The van der Waals surface area contributed by atoms with Gasteiger partial charge in [-0.25, -0.2) is 4.79 Å². The average molecular weight is 387 g/mol. The molecule has 0 saturated heterocycles. The molecule has 0 spiro atoms. The van der Waals surface area contributed by atoms with Gasteiger partial charge in [0.2, 0.25) is 11.8 Å². The van der Waals surface area contributed by atoms with E-state index in [1.165, 1.54) is 24.0 Å². The van der Waals surface area contributed by atoms with Crippen molar-refractivity contribution >= 4 is 35.1 Å². The number of rotatable bonds is 9. The Hall–Kier alpha value is -3.42. The zero-order valence-electron chi connectivity index (χ0n) is 16.2. The van der Waals surface area contributed by atoms with Gasteiger partial charge in [0.25, 0.3) is 5.91 Å². The molecule has 0 unspecified atom stereocenters. The van der Waals surface area contributed by atoms with Crippen molar-refractivity contribution in [2.45, 2.75) is 20.8 Å². The fraction of sp³-hybridized carbons (Fsp3) is 0.300. The molecule has 0 atom stereocenters. The number of amides is 3. The molecule has 3 amide bonds. The summed E-state index contributed by atoms with van der Waals surface area (Å²) in [6.07, 6.45) is 6.13. The molecule has 0 saturated carbocycles. The van der Waals surface area contributed by atoms with Crippen molar-refractivity contribution in [2.75, 3.05) is 30.3 Å². The number of hydrogen-bond donors (Lipinski definition) is 2. The van der Waals surface area contributed by atoms with Crippen molar-refractivity contribution in [1.82, 2.24) is 4.90 Å². The largest absolute Gasteiger partial charge is 0.452 e. The molecule has 1 aromatic rings. The van der Waals surface area contributed by atoms with E-state index in [0.717, 1.165) is 0 Å². The average Bonchev–Trinajstić information content (AvgIpc) is 2.65. The summed E-state index contributed by atoms with van der Waals surface area (Å²) in [4.78, 5) is 48.0. The summed E-state index contributed by atoms with van der Waals surface area (Å²) in [6, 6.07) is 6.58. The van der Waals surface area contributed by atoms with Crippen molar-refractivity contribution < 1.29 is 23.9 Å². The number of esters is 1. The summed E-state index contributed by atoms with van der Waals surface area (Å²) in [6.45, 7) is 4.61. The van der Waals surface area contributed by atoms with Crippen LogP contribution in [0.3, 0.4) is 0 Å². The zero-order valence-corrected chi connectivity index (χ0v) is 16.2. The van der Waals surface area contributed by atoms with Gasteiger partial charge < -0.3 is 20.3 Å². The maximum atomic E-state index is 12.2. The van der Waals surface area contributed by atoms with Crippen molar-refractivity contribution in [3.63, 3.8) is 0 Å². The Bertz CT molecular complexity index is 754. The van der Waals surface area contributed by atoms with Crippen LogP contribution < -0.4 is 10.6 Å². The number of allylic oxidation sites excluding steroid dienone is 3. The number of anilines is 2. The molecule has 0 aliphatic rings. The Morgan fingerprint density at radius 1 is 1.04 bits per heavy atom. The molecule has 0 aliphatic carbocycles. The minimum Gasteiger partial charge on any atom is -0.452 e. The monoisotopic (exact) mass is 387 g/mol. The van der Waals surface area contributed by atoms with E-state index >= 15 is 0 Å². The lowest BCUT2D eigenvalue weighted by molar-refractivity contribution is -0.148. The molecule has 28 heavy (non-hydrogen) atoms. The number of likely N-dealkylation sites (N-methyl/N-ethyl adjacent to an activating group) is 1. The molecule has 8 nitrogen and oxygen atoms in total. The van der Waals surface area contributed by atoms with Crippen molar-refractivity contribution in [2.24, 2.45) is 0 Å². The van der Waals surface area contributed by atoms with Gasteiger partial charge >= 0.3 is 5.97 Å². The zero-order chi connectivity index (χ0) is 20.9. The molecule has 0 aliphatic heterocycles. The molecule has 1 aromatic carbocycles. The van der Waals surface area contributed by atoms with Crippen LogP contribution in [0, 0.1) is 0 Å². The molecule has 0 fully saturated rings. The van der Waals surface area contributed by atoms with Gasteiger partial charge in [-0.3, -0.25) is 14.4 Å². The first-order chi connectivity index (χ1) is 13.3. The lowest BCUT2D eigenvalue weighted by atomic mass is 10.2. The molecular weight excluding hydrogens is 362 g/mol. The van der Waals surface area contributed by atoms with Gasteiger partial charge in [0.15, 0.2) is 6.61 Å². The van der Waals surface area contributed by atoms with Gasteiger partial charge in [-0.1, -0.05) is 18.2 Å². The maximum absolute atomic E-state index is 12.2. The van der Waals surface area contributed by atoms with Gasteiger partial charge in [-0.2, -0.15) is 0 Å². The summed E-state index contributed by atoms with van der Waals surface area (Å²) in [5.41, 5.74) is 1.14. The van der Waals surface area contributed by atoms with Crippen LogP contribution in [0.25, 0.3) is 0 Å². The lowest BCUT2D eigenvalue weighted by Crippen LogP contribution is -2.40. The molecule has 2 N–H and O–H groups in total. The van der Waals surface area contributed by atoms with E-state index in [0.29, 0.717) is 17.9 Å². The normalized spacial score (nSPS) is 10.7. The van der Waals surface area contributed by atoms with E-state index in [-0.39, 0.29) is 18.4 Å². The third-order valence-electron chi connectivity index (χ3n) is 3.43. The Morgan fingerprint density at radius 3 is 2.18 bits per heavy atom. The number of ether oxygens (including phenoxy) is 1. The van der Waals surface area contributed by atoms with Crippen LogP contribution >= 0.6 is 0 Å². The standard InChI is InChI=1S/C20H25N3O5/c1-4-6-7-8-20(27)28-14-19(26)23(5-2)13-18(25)22-17-11-9-16(10-12-17)21-15(3)24/h4,6-12H,5,13-14H2,1-3H3,(H,21,24)(H,22,25)/b6-4+,8-7+. The third-order valence-corrected chi connectivity index (χ3v) is 3.43. The molecule has 150 valence electrons. The summed E-state index contributed by atoms with van der Waals surface area (Å²) in [5, 5.41) is 5.30. The van der Waals surface area contributed by atoms with Gasteiger partial charge in [0.1, 0.15) is 0 Å². The van der Waals surface area contributed by atoms with Gasteiger partial charge in [-0.15, -0.1) is 0 Å². The van der Waals surface area contributed by atoms with E-state index in [4.69, 9.17) is 4.74 Å². The topological polar surface area (TPSA) is 105 Å². The van der Waals surface area contributed by atoms with Crippen LogP contribution in [0.15, 0.2) is 48.6 Å². The Kier molecular flexibility index (Phi) is 9.74. The Morgan fingerprint density at radius 2 is 1.64 bits per heavy atom. The number of nitrogens with zero attached hydrogens (tertiary/aromatic N) is 1. The van der Waals surface area contributed by atoms with Crippen LogP contribution in [0.1, 0.15) is 20.8 Å². The van der Waals surface area contributed by atoms with Crippen molar-refractivity contribution in [3.8, 4) is 0 Å². The summed E-state index contributed by atoms with van der Waals surface area (Å²) in [5.74, 6) is -1.67. The summed E-state index contributed by atoms with van der Waals surface area (Å²) >= 11 is 0. The van der Waals surface area contributed by atoms with Crippen LogP contribution in [0.2, 0.25) is 0 Å². The molecule has 8 heteroatoms. The number of carbonyl (C=O) groups is 4. The molecule has 0 bridgehead atoms. The Balaban J connectivity index is 2.52. The minimum atomic E-state index is -0.633. The molecule has 0 heterocycles. The highest BCUT2D eigenvalue weighted by Crippen LogP contribution is 2.13. The highest BCUT2D eigenvalue weighted by atomic mass is 16.5. The van der Waals surface area contributed by atoms with Gasteiger partial charge in [0, 0.05) is 30.9 Å². The second-order valence-corrected chi connectivity index (χ2v) is 5.71. The van der Waals surface area contributed by atoms with Gasteiger partial charge in [-0.05, 0) is 38.1 Å². The van der Waals surface area contributed by atoms with Crippen LogP contribution in [0.4, 0.5) is 11.4 Å². The van der Waals surface area contributed by atoms with E-state index in [2.05, 4.69) is 10.6 Å². The SMILES string of the molecule is C/C=C/C=C/C(=O)OCC(=O)N(CC)CC(=O)Nc1ccc(NC(C)=O)cc1. The van der Waals surface area contributed by atoms with E-state index in [1.807, 2.05) is 0 Å². The third kappa shape index (κ3) is 8.79. The molecular formula is C20H25N3O5. The van der Waals surface area contributed by atoms with E-state index in [9.17, 15) is 19.2 Å². The van der Waals surface area contributed by atoms with Crippen molar-refractivity contribution in [1.29, 1.82) is 0 Å². The smallest absolute Gasteiger partial charge is 0.331 e. The predicted octanol–water partition coefficient (Wildman–Crippen LogP) is 2.11. The second-order valence-electron chi connectivity index (χ2n) is 5.71. The molecule has 0 aromatic heterocycles. The first kappa shape index (κ1) is 22.6. The van der Waals surface area contributed by atoms with Crippen molar-refractivity contribution in [3.05, 3.63) is 48.6 Å². The Labute approximate surface area is 164 Å². The fourth-order valence-electron chi connectivity index (χ4n) is 2.11. The molecule has 1 rings (SSSR count). The van der Waals surface area contributed by atoms with E-state index in [1.54, 1.807) is 50.3 Å². The number of nitrogens with one attached hydrogen (secondary N) is 2. The number of hydrogen-bond acceptors (Lipinski definition) is 5. The number of benzene rings is 1. The van der Waals surface area contributed by atoms with E-state index < -0.39 is 18.5 Å². The van der Waals surface area contributed by atoms with Crippen LogP contribution in [-0.2, 0) is 23.9 Å². The van der Waals surface area contributed by atoms with Gasteiger partial charge in [0.05, 0.1) is 6.54 Å². The fourth-order valence-corrected chi connectivity index (χ4v) is 2.11. The quantitative estimate of drug-likeness (QED) is 0.384. The minimum absolute atomic E-state index is 0.172. The maximum Gasteiger partial charge on any atom is 0.331 e. The lowest BCUT2D eigenvalue weighted by Gasteiger charge is -2.20. The van der Waals surface area contributed by atoms with Crippen LogP contribution in [-0.4, -0.2) is 48.3 Å². The molecule has 0 radical (unpaired) electrons. The predicted molar refractivity (Wildman–Crippen MR) is 107 cm³/mol. The highest BCUT2D eigenvalue weighted by molar-refractivity contribution is 5.95. The summed E-state index contributed by atoms with van der Waals surface area (Å²) < 4.78 is 4.86. The highest BCUT2D eigenvalue weighted by Gasteiger charge is 2.17. The first-order valence-corrected chi connectivity index (χ1v) is 8.77.